The van der Waals surface area contributed by atoms with Crippen molar-refractivity contribution in [1.82, 2.24) is 0 Å². The lowest BCUT2D eigenvalue weighted by Crippen LogP contribution is -2.05. The second kappa shape index (κ2) is 3.44. The van der Waals surface area contributed by atoms with Crippen LogP contribution in [-0.4, -0.2) is 6.54 Å². The van der Waals surface area contributed by atoms with Gasteiger partial charge in [0.2, 0.25) is 0 Å². The second-order valence-corrected chi connectivity index (χ2v) is 3.78. The molecule has 2 N–H and O–H groups in total. The van der Waals surface area contributed by atoms with Gasteiger partial charge in [0.1, 0.15) is 0 Å². The predicted octanol–water partition coefficient (Wildman–Crippen LogP) is 2.49. The Bertz CT molecular complexity index is 235. The molecule has 0 aromatic carbocycles. The van der Waals surface area contributed by atoms with Crippen molar-refractivity contribution in [3.05, 3.63) is 22.8 Å². The van der Waals surface area contributed by atoms with Crippen molar-refractivity contribution < 1.29 is 0 Å². The van der Waals surface area contributed by atoms with Gasteiger partial charge in [-0.2, -0.15) is 0 Å². The van der Waals surface area contributed by atoms with E-state index in [4.69, 9.17) is 5.73 Å². The Morgan fingerprint density at radius 2 is 1.83 bits per heavy atom. The average Bonchev–Trinajstić information content (AvgIpc) is 2.23. The Morgan fingerprint density at radius 1 is 1.25 bits per heavy atom. The summed E-state index contributed by atoms with van der Waals surface area (Å²) in [5, 5.41) is 0. The Labute approximate surface area is 75.3 Å². The molecule has 1 aliphatic carbocycles. The first-order valence-electron chi connectivity index (χ1n) is 4.67. The second-order valence-electron chi connectivity index (χ2n) is 3.78. The SMILES string of the molecule is CC1=C(C)C(C)C(C)/C1=C\CN. The lowest BCUT2D eigenvalue weighted by atomic mass is 9.92. The number of nitrogens with two attached hydrogens (primary N) is 1. The lowest BCUT2D eigenvalue weighted by Gasteiger charge is -2.12. The summed E-state index contributed by atoms with van der Waals surface area (Å²) in [4.78, 5) is 0. The fourth-order valence-corrected chi connectivity index (χ4v) is 2.02. The first-order chi connectivity index (χ1) is 5.59. The molecule has 12 heavy (non-hydrogen) atoms. The van der Waals surface area contributed by atoms with Crippen LogP contribution in [0.15, 0.2) is 22.8 Å². The van der Waals surface area contributed by atoms with Gasteiger partial charge in [0.15, 0.2) is 0 Å². The minimum Gasteiger partial charge on any atom is -0.327 e. The fraction of sp³-hybridized carbons (Fsp3) is 0.636. The summed E-state index contributed by atoms with van der Waals surface area (Å²) in [6.45, 7) is 9.68. The normalized spacial score (nSPS) is 33.6. The van der Waals surface area contributed by atoms with Crippen LogP contribution in [-0.2, 0) is 0 Å². The fourth-order valence-electron chi connectivity index (χ4n) is 2.02. The molecule has 68 valence electrons. The maximum Gasteiger partial charge on any atom is 0.0112 e. The van der Waals surface area contributed by atoms with Gasteiger partial charge in [-0.05, 0) is 36.8 Å². The Morgan fingerprint density at radius 3 is 2.17 bits per heavy atom. The zero-order valence-corrected chi connectivity index (χ0v) is 8.52. The standard InChI is InChI=1S/C11H19N/c1-7-8(2)10(4)11(5-6-12)9(7)3/h5,7,9H,6,12H2,1-4H3/b11-5+. The monoisotopic (exact) mass is 165 g/mol. The third-order valence-corrected chi connectivity index (χ3v) is 3.29. The van der Waals surface area contributed by atoms with Gasteiger partial charge in [-0.3, -0.25) is 0 Å². The molecule has 0 fully saturated rings. The van der Waals surface area contributed by atoms with Crippen LogP contribution in [0.1, 0.15) is 27.7 Å². The van der Waals surface area contributed by atoms with Gasteiger partial charge in [-0.25, -0.2) is 0 Å². The molecular formula is C11H19N. The molecule has 0 saturated carbocycles. The molecule has 1 heteroatoms. The van der Waals surface area contributed by atoms with E-state index in [9.17, 15) is 0 Å². The van der Waals surface area contributed by atoms with Crippen LogP contribution in [0.2, 0.25) is 0 Å². The van der Waals surface area contributed by atoms with Crippen molar-refractivity contribution in [2.45, 2.75) is 27.7 Å². The van der Waals surface area contributed by atoms with Gasteiger partial charge in [0.25, 0.3) is 0 Å². The van der Waals surface area contributed by atoms with Crippen molar-refractivity contribution >= 4 is 0 Å². The number of rotatable bonds is 1. The summed E-state index contributed by atoms with van der Waals surface area (Å²) in [7, 11) is 0. The molecule has 0 spiro atoms. The van der Waals surface area contributed by atoms with Gasteiger partial charge < -0.3 is 5.73 Å². The maximum atomic E-state index is 5.52. The van der Waals surface area contributed by atoms with E-state index in [-0.39, 0.29) is 0 Å². The molecule has 0 aromatic rings. The zero-order chi connectivity index (χ0) is 9.30. The first-order valence-corrected chi connectivity index (χ1v) is 4.67. The van der Waals surface area contributed by atoms with Crippen LogP contribution in [0.25, 0.3) is 0 Å². The molecule has 2 unspecified atom stereocenters. The van der Waals surface area contributed by atoms with E-state index in [0.29, 0.717) is 18.4 Å². The minimum atomic E-state index is 0.661. The van der Waals surface area contributed by atoms with Crippen LogP contribution in [0.3, 0.4) is 0 Å². The molecule has 0 heterocycles. The molecular weight excluding hydrogens is 146 g/mol. The first kappa shape index (κ1) is 9.53. The van der Waals surface area contributed by atoms with E-state index < -0.39 is 0 Å². The highest BCUT2D eigenvalue weighted by Gasteiger charge is 2.27. The Balaban J connectivity index is 2.99. The molecule has 0 bridgehead atoms. The molecule has 1 nitrogen and oxygen atoms in total. The maximum absolute atomic E-state index is 5.52. The summed E-state index contributed by atoms with van der Waals surface area (Å²) in [6.07, 6.45) is 2.16. The lowest BCUT2D eigenvalue weighted by molar-refractivity contribution is 0.540. The van der Waals surface area contributed by atoms with Gasteiger partial charge >= 0.3 is 0 Å². The quantitative estimate of drug-likeness (QED) is 0.634. The van der Waals surface area contributed by atoms with E-state index in [1.54, 1.807) is 0 Å². The average molecular weight is 165 g/mol. The number of hydrogen-bond donors (Lipinski definition) is 1. The molecule has 0 radical (unpaired) electrons. The minimum absolute atomic E-state index is 0.661. The van der Waals surface area contributed by atoms with Crippen LogP contribution in [0, 0.1) is 11.8 Å². The van der Waals surface area contributed by atoms with Crippen LogP contribution in [0.5, 0.6) is 0 Å². The van der Waals surface area contributed by atoms with E-state index >= 15 is 0 Å². The summed E-state index contributed by atoms with van der Waals surface area (Å²) in [5.41, 5.74) is 9.97. The summed E-state index contributed by atoms with van der Waals surface area (Å²) in [6, 6.07) is 0. The third kappa shape index (κ3) is 1.34. The summed E-state index contributed by atoms with van der Waals surface area (Å²) in [5.74, 6) is 1.36. The molecule has 0 aromatic heterocycles. The highest BCUT2D eigenvalue weighted by molar-refractivity contribution is 5.42. The molecule has 1 rings (SSSR count). The van der Waals surface area contributed by atoms with Crippen molar-refractivity contribution in [2.75, 3.05) is 6.54 Å². The third-order valence-electron chi connectivity index (χ3n) is 3.29. The molecule has 2 atom stereocenters. The molecule has 0 amide bonds. The van der Waals surface area contributed by atoms with E-state index in [1.807, 2.05) is 0 Å². The summed E-state index contributed by atoms with van der Waals surface area (Å²) >= 11 is 0. The van der Waals surface area contributed by atoms with Crippen molar-refractivity contribution in [3.63, 3.8) is 0 Å². The largest absolute Gasteiger partial charge is 0.327 e. The van der Waals surface area contributed by atoms with Crippen molar-refractivity contribution in [2.24, 2.45) is 17.6 Å². The topological polar surface area (TPSA) is 26.0 Å². The van der Waals surface area contributed by atoms with E-state index in [0.717, 1.165) is 0 Å². The van der Waals surface area contributed by atoms with Crippen LogP contribution < -0.4 is 5.73 Å². The number of hydrogen-bond acceptors (Lipinski definition) is 1. The van der Waals surface area contributed by atoms with Gasteiger partial charge in [0, 0.05) is 6.54 Å². The van der Waals surface area contributed by atoms with Crippen LogP contribution >= 0.6 is 0 Å². The van der Waals surface area contributed by atoms with Crippen LogP contribution in [0.4, 0.5) is 0 Å². The Kier molecular flexibility index (Phi) is 2.73. The van der Waals surface area contributed by atoms with Gasteiger partial charge in [-0.15, -0.1) is 0 Å². The predicted molar refractivity (Wildman–Crippen MR) is 53.8 cm³/mol. The highest BCUT2D eigenvalue weighted by atomic mass is 14.5. The van der Waals surface area contributed by atoms with E-state index in [2.05, 4.69) is 33.8 Å². The smallest absolute Gasteiger partial charge is 0.0112 e. The van der Waals surface area contributed by atoms with Crippen molar-refractivity contribution in [1.29, 1.82) is 0 Å². The summed E-state index contributed by atoms with van der Waals surface area (Å²) < 4.78 is 0. The molecule has 0 saturated heterocycles. The van der Waals surface area contributed by atoms with Gasteiger partial charge in [-0.1, -0.05) is 25.5 Å². The number of allylic oxidation sites excluding steroid dienone is 3. The van der Waals surface area contributed by atoms with Crippen molar-refractivity contribution in [3.8, 4) is 0 Å². The highest BCUT2D eigenvalue weighted by Crippen LogP contribution is 2.40. The molecule has 0 aliphatic heterocycles. The molecule has 1 aliphatic rings. The van der Waals surface area contributed by atoms with E-state index in [1.165, 1.54) is 16.7 Å². The van der Waals surface area contributed by atoms with Gasteiger partial charge in [0.05, 0.1) is 0 Å². The zero-order valence-electron chi connectivity index (χ0n) is 8.52. The Hall–Kier alpha value is -0.560.